The molecule has 0 atom stereocenters. The molecule has 0 unspecified atom stereocenters. The van der Waals surface area contributed by atoms with Crippen LogP contribution in [0.5, 0.6) is 0 Å². The maximum atomic E-state index is 11.9. The molecular formula is C13H14N4O3S. The van der Waals surface area contributed by atoms with E-state index in [0.717, 1.165) is 0 Å². The van der Waals surface area contributed by atoms with Crippen molar-refractivity contribution >= 4 is 21.6 Å². The second-order valence-electron chi connectivity index (χ2n) is 4.32. The Hall–Kier alpha value is -2.45. The normalized spacial score (nSPS) is 11.1. The molecule has 0 spiro atoms. The summed E-state index contributed by atoms with van der Waals surface area (Å²) >= 11 is 0. The van der Waals surface area contributed by atoms with Crippen molar-refractivity contribution in [2.75, 3.05) is 5.73 Å². The van der Waals surface area contributed by atoms with Crippen LogP contribution < -0.4 is 16.2 Å². The minimum atomic E-state index is -3.77. The number of nitrogens with two attached hydrogens (primary N) is 2. The van der Waals surface area contributed by atoms with E-state index in [-0.39, 0.29) is 22.8 Å². The number of benzene rings is 1. The van der Waals surface area contributed by atoms with Gasteiger partial charge in [-0.2, -0.15) is 0 Å². The van der Waals surface area contributed by atoms with Crippen LogP contribution in [-0.4, -0.2) is 19.3 Å². The summed E-state index contributed by atoms with van der Waals surface area (Å²) in [5, 5.41) is 7.67. The fourth-order valence-electron chi connectivity index (χ4n) is 1.71. The molecule has 8 heteroatoms. The van der Waals surface area contributed by atoms with Crippen LogP contribution in [0.4, 0.5) is 5.69 Å². The summed E-state index contributed by atoms with van der Waals surface area (Å²) in [4.78, 5) is 15.8. The van der Waals surface area contributed by atoms with Crippen LogP contribution in [0.2, 0.25) is 0 Å². The van der Waals surface area contributed by atoms with Gasteiger partial charge in [-0.3, -0.25) is 4.79 Å². The summed E-state index contributed by atoms with van der Waals surface area (Å²) in [6.45, 7) is 0.137. The number of anilines is 1. The predicted molar refractivity (Wildman–Crippen MR) is 77.6 cm³/mol. The number of sulfonamides is 1. The van der Waals surface area contributed by atoms with Crippen LogP contribution in [-0.2, 0) is 16.6 Å². The van der Waals surface area contributed by atoms with Crippen LogP contribution >= 0.6 is 0 Å². The van der Waals surface area contributed by atoms with Crippen LogP contribution in [0, 0.1) is 0 Å². The van der Waals surface area contributed by atoms with Crippen molar-refractivity contribution in [1.29, 1.82) is 0 Å². The highest BCUT2D eigenvalue weighted by molar-refractivity contribution is 7.89. The lowest BCUT2D eigenvalue weighted by atomic mass is 10.2. The van der Waals surface area contributed by atoms with Gasteiger partial charge in [0.1, 0.15) is 0 Å². The molecule has 7 nitrogen and oxygen atoms in total. The van der Waals surface area contributed by atoms with Crippen molar-refractivity contribution in [3.8, 4) is 0 Å². The maximum absolute atomic E-state index is 11.9. The van der Waals surface area contributed by atoms with Gasteiger partial charge in [0.25, 0.3) is 5.91 Å². The fraction of sp³-hybridized carbons (Fsp3) is 0.0769. The van der Waals surface area contributed by atoms with E-state index >= 15 is 0 Å². The zero-order valence-electron chi connectivity index (χ0n) is 11.0. The van der Waals surface area contributed by atoms with Crippen molar-refractivity contribution < 1.29 is 13.2 Å². The lowest BCUT2D eigenvalue weighted by Crippen LogP contribution is -2.25. The molecule has 2 aromatic rings. The van der Waals surface area contributed by atoms with Crippen molar-refractivity contribution in [2.45, 2.75) is 11.4 Å². The minimum absolute atomic E-state index is 0.00778. The zero-order chi connectivity index (χ0) is 15.5. The zero-order valence-corrected chi connectivity index (χ0v) is 11.8. The minimum Gasteiger partial charge on any atom is -0.397 e. The molecule has 1 aromatic carbocycles. The van der Waals surface area contributed by atoms with Gasteiger partial charge >= 0.3 is 0 Å². The number of primary sulfonamides is 1. The molecule has 0 aliphatic heterocycles. The third kappa shape index (κ3) is 3.77. The van der Waals surface area contributed by atoms with E-state index < -0.39 is 15.9 Å². The summed E-state index contributed by atoms with van der Waals surface area (Å²) in [7, 11) is -3.77. The smallest absolute Gasteiger partial charge is 0.272 e. The van der Waals surface area contributed by atoms with Gasteiger partial charge in [-0.25, -0.2) is 18.5 Å². The number of aromatic nitrogens is 1. The lowest BCUT2D eigenvalue weighted by Gasteiger charge is -2.07. The van der Waals surface area contributed by atoms with Gasteiger partial charge < -0.3 is 11.1 Å². The van der Waals surface area contributed by atoms with Crippen molar-refractivity contribution in [3.63, 3.8) is 0 Å². The molecule has 0 bridgehead atoms. The van der Waals surface area contributed by atoms with Crippen LogP contribution in [0.15, 0.2) is 47.5 Å². The number of nitrogen functional groups attached to an aromatic ring is 1. The molecule has 0 saturated heterocycles. The first-order valence-electron chi connectivity index (χ1n) is 5.98. The molecule has 5 N–H and O–H groups in total. The number of hydrogen-bond donors (Lipinski definition) is 3. The summed E-state index contributed by atoms with van der Waals surface area (Å²) in [6, 6.07) is 9.22. The highest BCUT2D eigenvalue weighted by Crippen LogP contribution is 2.10. The average molecular weight is 306 g/mol. The molecule has 2 rings (SSSR count). The van der Waals surface area contributed by atoms with Gasteiger partial charge in [0.05, 0.1) is 10.6 Å². The van der Waals surface area contributed by atoms with Gasteiger partial charge in [-0.1, -0.05) is 12.1 Å². The van der Waals surface area contributed by atoms with E-state index in [1.54, 1.807) is 24.3 Å². The maximum Gasteiger partial charge on any atom is 0.272 e. The number of rotatable bonds is 4. The first-order valence-corrected chi connectivity index (χ1v) is 7.53. The SMILES string of the molecule is Nc1cccnc1C(=O)NCc1cccc(S(N)(=O)=O)c1. The molecule has 0 aliphatic rings. The Morgan fingerprint density at radius 2 is 2.00 bits per heavy atom. The molecular weight excluding hydrogens is 292 g/mol. The molecule has 1 amide bonds. The second-order valence-corrected chi connectivity index (χ2v) is 5.88. The monoisotopic (exact) mass is 306 g/mol. The lowest BCUT2D eigenvalue weighted by molar-refractivity contribution is 0.0947. The molecule has 0 fully saturated rings. The number of nitrogens with zero attached hydrogens (tertiary/aromatic N) is 1. The van der Waals surface area contributed by atoms with E-state index in [4.69, 9.17) is 10.9 Å². The molecule has 0 radical (unpaired) electrons. The van der Waals surface area contributed by atoms with Gasteiger partial charge in [0, 0.05) is 12.7 Å². The number of pyridine rings is 1. The van der Waals surface area contributed by atoms with Gasteiger partial charge in [-0.15, -0.1) is 0 Å². The molecule has 0 saturated carbocycles. The summed E-state index contributed by atoms with van der Waals surface area (Å²) in [5.41, 5.74) is 6.65. The van der Waals surface area contributed by atoms with E-state index in [9.17, 15) is 13.2 Å². The van der Waals surface area contributed by atoms with E-state index in [1.807, 2.05) is 0 Å². The molecule has 110 valence electrons. The van der Waals surface area contributed by atoms with Gasteiger partial charge in [-0.05, 0) is 29.8 Å². The molecule has 21 heavy (non-hydrogen) atoms. The Labute approximate surface area is 122 Å². The predicted octanol–water partition coefficient (Wildman–Crippen LogP) is 0.241. The van der Waals surface area contributed by atoms with Gasteiger partial charge in [0.2, 0.25) is 10.0 Å². The van der Waals surface area contributed by atoms with E-state index in [0.29, 0.717) is 5.56 Å². The van der Waals surface area contributed by atoms with Crippen molar-refractivity contribution in [2.24, 2.45) is 5.14 Å². The quantitative estimate of drug-likeness (QED) is 0.745. The Kier molecular flexibility index (Phi) is 4.20. The third-order valence-electron chi connectivity index (χ3n) is 2.73. The highest BCUT2D eigenvalue weighted by Gasteiger charge is 2.11. The van der Waals surface area contributed by atoms with Crippen LogP contribution in [0.1, 0.15) is 16.1 Å². The summed E-state index contributed by atoms with van der Waals surface area (Å²) < 4.78 is 22.5. The number of amides is 1. The first kappa shape index (κ1) is 14.9. The first-order chi connectivity index (χ1) is 9.88. The van der Waals surface area contributed by atoms with Crippen molar-refractivity contribution in [3.05, 3.63) is 53.9 Å². The highest BCUT2D eigenvalue weighted by atomic mass is 32.2. The Morgan fingerprint density at radius 1 is 1.24 bits per heavy atom. The number of nitrogens with one attached hydrogen (secondary N) is 1. The van der Waals surface area contributed by atoms with Gasteiger partial charge in [0.15, 0.2) is 5.69 Å². The largest absolute Gasteiger partial charge is 0.397 e. The number of carbonyl (C=O) groups is 1. The Balaban J connectivity index is 2.11. The summed E-state index contributed by atoms with van der Waals surface area (Å²) in [5.74, 6) is -0.436. The average Bonchev–Trinajstić information content (AvgIpc) is 2.45. The van der Waals surface area contributed by atoms with Crippen LogP contribution in [0.25, 0.3) is 0 Å². The van der Waals surface area contributed by atoms with E-state index in [1.165, 1.54) is 18.3 Å². The molecule has 1 heterocycles. The molecule has 0 aliphatic carbocycles. The number of hydrogen-bond acceptors (Lipinski definition) is 5. The van der Waals surface area contributed by atoms with E-state index in [2.05, 4.69) is 10.3 Å². The number of carbonyl (C=O) groups excluding carboxylic acids is 1. The van der Waals surface area contributed by atoms with Crippen LogP contribution in [0.3, 0.4) is 0 Å². The standard InChI is InChI=1S/C13H14N4O3S/c14-11-5-2-6-16-12(11)13(18)17-8-9-3-1-4-10(7-9)21(15,19)20/h1-7H,8,14H2,(H,17,18)(H2,15,19,20). The van der Waals surface area contributed by atoms with Crippen molar-refractivity contribution in [1.82, 2.24) is 10.3 Å². The second kappa shape index (κ2) is 5.90. The summed E-state index contributed by atoms with van der Waals surface area (Å²) in [6.07, 6.45) is 1.47. The molecule has 1 aromatic heterocycles. The Bertz CT molecular complexity index is 774. The topological polar surface area (TPSA) is 128 Å². The third-order valence-corrected chi connectivity index (χ3v) is 3.65. The Morgan fingerprint density at radius 3 is 2.67 bits per heavy atom. The fourth-order valence-corrected chi connectivity index (χ4v) is 2.29.